The Morgan fingerprint density at radius 2 is 1.62 bits per heavy atom. The number of hydrogen-bond acceptors (Lipinski definition) is 3. The van der Waals surface area contributed by atoms with Crippen molar-refractivity contribution in [3.63, 3.8) is 0 Å². The van der Waals surface area contributed by atoms with Crippen LogP contribution in [0.1, 0.15) is 48.4 Å². The molecular formula is C26H30N2O4. The molecule has 0 radical (unpaired) electrons. The lowest BCUT2D eigenvalue weighted by Crippen LogP contribution is -2.49. The molecule has 1 heterocycles. The highest BCUT2D eigenvalue weighted by molar-refractivity contribution is 5.85. The standard InChI is InChI=1S/C26H30N2O4/c29-24(16-18-8-2-1-3-9-18)27-17-23-20-11-5-4-10-19(20)14-15-28(23)25(30)21-12-6-7-13-22(21)26(31)32/h1-5,8-11,21-23H,6-7,12-17H2,(H,27,29)(H,31,32)/t21-,22+,23-/m1/s1. The van der Waals surface area contributed by atoms with E-state index in [0.717, 1.165) is 30.4 Å². The van der Waals surface area contributed by atoms with Crippen molar-refractivity contribution >= 4 is 17.8 Å². The second-order valence-corrected chi connectivity index (χ2v) is 8.80. The highest BCUT2D eigenvalue weighted by Crippen LogP contribution is 2.36. The number of benzene rings is 2. The molecule has 1 fully saturated rings. The maximum atomic E-state index is 13.6. The summed E-state index contributed by atoms with van der Waals surface area (Å²) in [6.07, 6.45) is 3.91. The minimum atomic E-state index is -0.881. The zero-order valence-electron chi connectivity index (χ0n) is 18.2. The van der Waals surface area contributed by atoms with Gasteiger partial charge in [-0.1, -0.05) is 67.4 Å². The van der Waals surface area contributed by atoms with E-state index in [2.05, 4.69) is 11.4 Å². The lowest BCUT2D eigenvalue weighted by molar-refractivity contribution is -0.153. The van der Waals surface area contributed by atoms with E-state index >= 15 is 0 Å². The topological polar surface area (TPSA) is 86.7 Å². The van der Waals surface area contributed by atoms with E-state index in [1.54, 1.807) is 0 Å². The maximum absolute atomic E-state index is 13.6. The van der Waals surface area contributed by atoms with Crippen LogP contribution in [-0.2, 0) is 27.2 Å². The van der Waals surface area contributed by atoms with Crippen LogP contribution in [0.15, 0.2) is 54.6 Å². The van der Waals surface area contributed by atoms with E-state index in [-0.39, 0.29) is 24.3 Å². The molecule has 2 N–H and O–H groups in total. The first-order chi connectivity index (χ1) is 15.5. The van der Waals surface area contributed by atoms with Crippen LogP contribution in [0.25, 0.3) is 0 Å². The number of carbonyl (C=O) groups excluding carboxylic acids is 2. The van der Waals surface area contributed by atoms with Gasteiger partial charge in [-0.3, -0.25) is 14.4 Å². The van der Waals surface area contributed by atoms with Gasteiger partial charge < -0.3 is 15.3 Å². The van der Waals surface area contributed by atoms with E-state index in [9.17, 15) is 19.5 Å². The maximum Gasteiger partial charge on any atom is 0.307 e. The molecule has 6 nitrogen and oxygen atoms in total. The number of hydrogen-bond donors (Lipinski definition) is 2. The molecule has 2 amide bonds. The van der Waals surface area contributed by atoms with E-state index < -0.39 is 17.8 Å². The Hall–Kier alpha value is -3.15. The van der Waals surface area contributed by atoms with Crippen molar-refractivity contribution in [3.05, 3.63) is 71.3 Å². The van der Waals surface area contributed by atoms with Gasteiger partial charge in [0.05, 0.1) is 24.3 Å². The molecular weight excluding hydrogens is 404 g/mol. The van der Waals surface area contributed by atoms with E-state index in [1.807, 2.05) is 53.4 Å². The third kappa shape index (κ3) is 4.85. The van der Waals surface area contributed by atoms with Gasteiger partial charge in [0.1, 0.15) is 0 Å². The zero-order valence-corrected chi connectivity index (χ0v) is 18.2. The van der Waals surface area contributed by atoms with Gasteiger partial charge in [-0.2, -0.15) is 0 Å². The molecule has 4 rings (SSSR count). The van der Waals surface area contributed by atoms with E-state index in [0.29, 0.717) is 25.9 Å². The summed E-state index contributed by atoms with van der Waals surface area (Å²) in [5.74, 6) is -2.18. The molecule has 1 aliphatic carbocycles. The smallest absolute Gasteiger partial charge is 0.307 e. The molecule has 0 bridgehead atoms. The SMILES string of the molecule is O=C(Cc1ccccc1)NC[C@@H]1c2ccccc2CCN1C(=O)[C@@H]1CCCC[C@@H]1C(=O)O. The van der Waals surface area contributed by atoms with Gasteiger partial charge in [0.2, 0.25) is 11.8 Å². The van der Waals surface area contributed by atoms with Gasteiger partial charge in [0.25, 0.3) is 0 Å². The van der Waals surface area contributed by atoms with Gasteiger partial charge in [-0.25, -0.2) is 0 Å². The summed E-state index contributed by atoms with van der Waals surface area (Å²) in [4.78, 5) is 39.8. The molecule has 2 aromatic carbocycles. The molecule has 3 atom stereocenters. The molecule has 0 unspecified atom stereocenters. The molecule has 168 valence electrons. The highest BCUT2D eigenvalue weighted by Gasteiger charge is 2.41. The molecule has 6 heteroatoms. The van der Waals surface area contributed by atoms with Crippen LogP contribution in [0.5, 0.6) is 0 Å². The summed E-state index contributed by atoms with van der Waals surface area (Å²) in [6, 6.07) is 17.3. The Bertz CT molecular complexity index is 975. The van der Waals surface area contributed by atoms with Gasteiger partial charge in [-0.05, 0) is 36.0 Å². The molecule has 2 aliphatic rings. The first-order valence-electron chi connectivity index (χ1n) is 11.5. The molecule has 32 heavy (non-hydrogen) atoms. The average Bonchev–Trinajstić information content (AvgIpc) is 2.82. The minimum absolute atomic E-state index is 0.0890. The number of nitrogens with one attached hydrogen (secondary N) is 1. The van der Waals surface area contributed by atoms with Crippen molar-refractivity contribution in [2.75, 3.05) is 13.1 Å². The van der Waals surface area contributed by atoms with Crippen LogP contribution >= 0.6 is 0 Å². The first kappa shape index (κ1) is 22.1. The Morgan fingerprint density at radius 3 is 2.38 bits per heavy atom. The number of carbonyl (C=O) groups is 3. The Kier molecular flexibility index (Phi) is 6.88. The third-order valence-corrected chi connectivity index (χ3v) is 6.80. The Labute approximate surface area is 188 Å². The number of carboxylic acid groups (broad SMARTS) is 1. The molecule has 0 spiro atoms. The van der Waals surface area contributed by atoms with Gasteiger partial charge in [-0.15, -0.1) is 0 Å². The third-order valence-electron chi connectivity index (χ3n) is 6.80. The van der Waals surface area contributed by atoms with Crippen LogP contribution in [0.2, 0.25) is 0 Å². The quantitative estimate of drug-likeness (QED) is 0.730. The van der Waals surface area contributed by atoms with Crippen molar-refractivity contribution in [2.45, 2.75) is 44.6 Å². The average molecular weight is 435 g/mol. The molecule has 1 saturated carbocycles. The van der Waals surface area contributed by atoms with Gasteiger partial charge >= 0.3 is 5.97 Å². The van der Waals surface area contributed by atoms with Crippen molar-refractivity contribution in [1.82, 2.24) is 10.2 Å². The van der Waals surface area contributed by atoms with Crippen LogP contribution in [0, 0.1) is 11.8 Å². The monoisotopic (exact) mass is 434 g/mol. The predicted octanol–water partition coefficient (Wildman–Crippen LogP) is 3.36. The number of carboxylic acids is 1. The fraction of sp³-hybridized carbons (Fsp3) is 0.423. The summed E-state index contributed by atoms with van der Waals surface area (Å²) in [7, 11) is 0. The van der Waals surface area contributed by atoms with Crippen molar-refractivity contribution < 1.29 is 19.5 Å². The first-order valence-corrected chi connectivity index (χ1v) is 11.5. The number of aliphatic carboxylic acids is 1. The molecule has 2 aromatic rings. The summed E-state index contributed by atoms with van der Waals surface area (Å²) in [5.41, 5.74) is 3.15. The number of fused-ring (bicyclic) bond motifs is 1. The number of rotatable bonds is 6. The van der Waals surface area contributed by atoms with Crippen molar-refractivity contribution in [2.24, 2.45) is 11.8 Å². The molecule has 0 aromatic heterocycles. The van der Waals surface area contributed by atoms with E-state index in [1.165, 1.54) is 5.56 Å². The normalized spacial score (nSPS) is 22.6. The lowest BCUT2D eigenvalue weighted by Gasteiger charge is -2.41. The summed E-state index contributed by atoms with van der Waals surface area (Å²) >= 11 is 0. The number of nitrogens with zero attached hydrogens (tertiary/aromatic N) is 1. The largest absolute Gasteiger partial charge is 0.481 e. The Balaban J connectivity index is 1.52. The van der Waals surface area contributed by atoms with Crippen molar-refractivity contribution in [1.29, 1.82) is 0 Å². The summed E-state index contributed by atoms with van der Waals surface area (Å²) in [6.45, 7) is 0.858. The molecule has 0 saturated heterocycles. The fourth-order valence-electron chi connectivity index (χ4n) is 5.12. The second-order valence-electron chi connectivity index (χ2n) is 8.80. The van der Waals surface area contributed by atoms with Crippen LogP contribution < -0.4 is 5.32 Å². The van der Waals surface area contributed by atoms with Crippen LogP contribution in [0.4, 0.5) is 0 Å². The van der Waals surface area contributed by atoms with Gasteiger partial charge in [0, 0.05) is 13.1 Å². The predicted molar refractivity (Wildman–Crippen MR) is 121 cm³/mol. The van der Waals surface area contributed by atoms with Crippen LogP contribution in [0.3, 0.4) is 0 Å². The Morgan fingerprint density at radius 1 is 0.938 bits per heavy atom. The van der Waals surface area contributed by atoms with E-state index in [4.69, 9.17) is 0 Å². The summed E-state index contributed by atoms with van der Waals surface area (Å²) < 4.78 is 0. The van der Waals surface area contributed by atoms with Gasteiger partial charge in [0.15, 0.2) is 0 Å². The zero-order chi connectivity index (χ0) is 22.5. The lowest BCUT2D eigenvalue weighted by atomic mass is 9.77. The minimum Gasteiger partial charge on any atom is -0.481 e. The van der Waals surface area contributed by atoms with Crippen molar-refractivity contribution in [3.8, 4) is 0 Å². The number of amides is 2. The molecule has 1 aliphatic heterocycles. The highest BCUT2D eigenvalue weighted by atomic mass is 16.4. The second kappa shape index (κ2) is 9.98. The van der Waals surface area contributed by atoms with Crippen LogP contribution in [-0.4, -0.2) is 40.9 Å². The summed E-state index contributed by atoms with van der Waals surface area (Å²) in [5, 5.41) is 12.7. The fourth-order valence-corrected chi connectivity index (χ4v) is 5.12.